The van der Waals surface area contributed by atoms with Crippen LogP contribution < -0.4 is 10.6 Å². The molecule has 0 fully saturated rings. The number of benzene rings is 1. The summed E-state index contributed by atoms with van der Waals surface area (Å²) in [7, 11) is 1.67. The van der Waals surface area contributed by atoms with E-state index in [9.17, 15) is 4.79 Å². The Balaban J connectivity index is 2.22. The Bertz CT molecular complexity index is 441. The maximum Gasteiger partial charge on any atom is 0.225 e. The van der Waals surface area contributed by atoms with Gasteiger partial charge in [0, 0.05) is 32.4 Å². The first-order chi connectivity index (χ1) is 9.26. The second kappa shape index (κ2) is 9.09. The highest BCUT2D eigenvalue weighted by Crippen LogP contribution is 2.09. The number of anilines is 1. The van der Waals surface area contributed by atoms with Crippen LogP contribution in [0.5, 0.6) is 0 Å². The van der Waals surface area contributed by atoms with E-state index in [2.05, 4.69) is 10.6 Å². The fourth-order valence-electron chi connectivity index (χ4n) is 1.56. The lowest BCUT2D eigenvalue weighted by molar-refractivity contribution is -0.116. The molecule has 0 bridgehead atoms. The van der Waals surface area contributed by atoms with Crippen LogP contribution in [0, 0.1) is 11.3 Å². The van der Waals surface area contributed by atoms with Crippen molar-refractivity contribution in [2.24, 2.45) is 0 Å². The third-order valence-electron chi connectivity index (χ3n) is 2.51. The largest absolute Gasteiger partial charge is 0.385 e. The van der Waals surface area contributed by atoms with Crippen LogP contribution in [0.1, 0.15) is 18.4 Å². The number of carbonyl (C=O) groups excluding carboxylic acids is 1. The molecule has 0 heterocycles. The Morgan fingerprint density at radius 3 is 3.00 bits per heavy atom. The lowest BCUT2D eigenvalue weighted by Gasteiger charge is -2.06. The highest BCUT2D eigenvalue weighted by molar-refractivity contribution is 5.90. The molecule has 1 rings (SSSR count). The molecule has 5 heteroatoms. The summed E-state index contributed by atoms with van der Waals surface area (Å²) in [4.78, 5) is 11.6. The normalized spacial score (nSPS) is 9.89. The Labute approximate surface area is 113 Å². The Morgan fingerprint density at radius 2 is 2.26 bits per heavy atom. The summed E-state index contributed by atoms with van der Waals surface area (Å²) in [6, 6.07) is 8.91. The molecule has 0 saturated carbocycles. The van der Waals surface area contributed by atoms with Gasteiger partial charge in [-0.1, -0.05) is 6.07 Å². The van der Waals surface area contributed by atoms with Gasteiger partial charge in [-0.2, -0.15) is 5.26 Å². The summed E-state index contributed by atoms with van der Waals surface area (Å²) in [5, 5.41) is 14.7. The quantitative estimate of drug-likeness (QED) is 0.696. The number of ether oxygens (including phenoxy) is 1. The molecule has 2 N–H and O–H groups in total. The van der Waals surface area contributed by atoms with Gasteiger partial charge in [-0.05, 0) is 31.2 Å². The van der Waals surface area contributed by atoms with Gasteiger partial charge in [0.25, 0.3) is 0 Å². The van der Waals surface area contributed by atoms with Crippen LogP contribution in [-0.2, 0) is 9.53 Å². The van der Waals surface area contributed by atoms with Crippen LogP contribution in [0.15, 0.2) is 24.3 Å². The molecule has 0 aliphatic carbocycles. The number of methoxy groups -OCH3 is 1. The molecule has 19 heavy (non-hydrogen) atoms. The Morgan fingerprint density at radius 1 is 1.42 bits per heavy atom. The van der Waals surface area contributed by atoms with Crippen molar-refractivity contribution in [2.75, 3.05) is 32.1 Å². The minimum Gasteiger partial charge on any atom is -0.385 e. The van der Waals surface area contributed by atoms with Gasteiger partial charge in [0.15, 0.2) is 0 Å². The third-order valence-corrected chi connectivity index (χ3v) is 2.51. The molecule has 0 aromatic heterocycles. The molecule has 0 radical (unpaired) electrons. The fraction of sp³-hybridized carbons (Fsp3) is 0.429. The summed E-state index contributed by atoms with van der Waals surface area (Å²) < 4.78 is 4.92. The van der Waals surface area contributed by atoms with Crippen molar-refractivity contribution in [1.82, 2.24) is 5.32 Å². The molecule has 0 saturated heterocycles. The van der Waals surface area contributed by atoms with Crippen LogP contribution in [0.3, 0.4) is 0 Å². The predicted molar refractivity (Wildman–Crippen MR) is 73.8 cm³/mol. The number of carbonyl (C=O) groups is 1. The van der Waals surface area contributed by atoms with Crippen LogP contribution in [-0.4, -0.2) is 32.7 Å². The van der Waals surface area contributed by atoms with Gasteiger partial charge in [-0.3, -0.25) is 4.79 Å². The highest BCUT2D eigenvalue weighted by Gasteiger charge is 2.02. The van der Waals surface area contributed by atoms with E-state index in [4.69, 9.17) is 10.00 Å². The van der Waals surface area contributed by atoms with Crippen molar-refractivity contribution >= 4 is 11.6 Å². The van der Waals surface area contributed by atoms with Crippen molar-refractivity contribution in [3.05, 3.63) is 29.8 Å². The van der Waals surface area contributed by atoms with E-state index in [-0.39, 0.29) is 5.91 Å². The maximum absolute atomic E-state index is 11.6. The van der Waals surface area contributed by atoms with Crippen molar-refractivity contribution in [2.45, 2.75) is 12.8 Å². The topological polar surface area (TPSA) is 74.2 Å². The lowest BCUT2D eigenvalue weighted by atomic mass is 10.2. The number of hydrogen-bond acceptors (Lipinski definition) is 4. The van der Waals surface area contributed by atoms with Crippen LogP contribution in [0.2, 0.25) is 0 Å². The van der Waals surface area contributed by atoms with E-state index in [1.54, 1.807) is 31.4 Å². The van der Waals surface area contributed by atoms with E-state index in [1.807, 2.05) is 6.07 Å². The Hall–Kier alpha value is -1.90. The molecule has 1 aromatic rings. The van der Waals surface area contributed by atoms with Gasteiger partial charge >= 0.3 is 0 Å². The fourth-order valence-corrected chi connectivity index (χ4v) is 1.56. The molecule has 0 aliphatic heterocycles. The number of hydrogen-bond donors (Lipinski definition) is 2. The SMILES string of the molecule is COCCCNCCC(=O)Nc1cccc(C#N)c1. The molecular weight excluding hydrogens is 242 g/mol. The average Bonchev–Trinajstić information content (AvgIpc) is 2.43. The summed E-state index contributed by atoms with van der Waals surface area (Å²) in [6.07, 6.45) is 1.34. The molecule has 0 unspecified atom stereocenters. The van der Waals surface area contributed by atoms with Gasteiger partial charge in [0.05, 0.1) is 11.6 Å². The summed E-state index contributed by atoms with van der Waals surface area (Å²) in [5.74, 6) is -0.0608. The zero-order valence-electron chi connectivity index (χ0n) is 11.1. The number of nitriles is 1. The monoisotopic (exact) mass is 261 g/mol. The second-order valence-corrected chi connectivity index (χ2v) is 4.09. The lowest BCUT2D eigenvalue weighted by Crippen LogP contribution is -2.23. The second-order valence-electron chi connectivity index (χ2n) is 4.09. The zero-order valence-corrected chi connectivity index (χ0v) is 11.1. The first kappa shape index (κ1) is 15.2. The van der Waals surface area contributed by atoms with Crippen LogP contribution >= 0.6 is 0 Å². The van der Waals surface area contributed by atoms with Crippen molar-refractivity contribution in [3.63, 3.8) is 0 Å². The molecule has 5 nitrogen and oxygen atoms in total. The van der Waals surface area contributed by atoms with E-state index in [1.165, 1.54) is 0 Å². The summed E-state index contributed by atoms with van der Waals surface area (Å²) in [5.41, 5.74) is 1.19. The van der Waals surface area contributed by atoms with Gasteiger partial charge in [-0.15, -0.1) is 0 Å². The maximum atomic E-state index is 11.6. The molecular formula is C14H19N3O2. The van der Waals surface area contributed by atoms with E-state index in [0.29, 0.717) is 24.2 Å². The van der Waals surface area contributed by atoms with Gasteiger partial charge in [0.1, 0.15) is 0 Å². The number of rotatable bonds is 8. The van der Waals surface area contributed by atoms with Crippen LogP contribution in [0.25, 0.3) is 0 Å². The Kier molecular flexibility index (Phi) is 7.25. The number of nitrogens with zero attached hydrogens (tertiary/aromatic N) is 1. The summed E-state index contributed by atoms with van der Waals surface area (Å²) in [6.45, 7) is 2.19. The van der Waals surface area contributed by atoms with Gasteiger partial charge in [0.2, 0.25) is 5.91 Å². The molecule has 0 spiro atoms. The predicted octanol–water partition coefficient (Wildman–Crippen LogP) is 1.51. The van der Waals surface area contributed by atoms with E-state index in [0.717, 1.165) is 19.6 Å². The minimum atomic E-state index is -0.0608. The highest BCUT2D eigenvalue weighted by atomic mass is 16.5. The van der Waals surface area contributed by atoms with E-state index < -0.39 is 0 Å². The zero-order chi connectivity index (χ0) is 13.9. The van der Waals surface area contributed by atoms with Crippen LogP contribution in [0.4, 0.5) is 5.69 Å². The minimum absolute atomic E-state index is 0.0608. The average molecular weight is 261 g/mol. The van der Waals surface area contributed by atoms with Crippen molar-refractivity contribution in [1.29, 1.82) is 5.26 Å². The van der Waals surface area contributed by atoms with Gasteiger partial charge < -0.3 is 15.4 Å². The molecule has 102 valence electrons. The summed E-state index contributed by atoms with van der Waals surface area (Å²) >= 11 is 0. The molecule has 1 amide bonds. The van der Waals surface area contributed by atoms with Crippen molar-refractivity contribution in [3.8, 4) is 6.07 Å². The smallest absolute Gasteiger partial charge is 0.225 e. The molecule has 0 aliphatic rings. The standard InChI is InChI=1S/C14H19N3O2/c1-19-9-3-7-16-8-6-14(18)17-13-5-2-4-12(10-13)11-15/h2,4-5,10,16H,3,6-9H2,1H3,(H,17,18). The first-order valence-electron chi connectivity index (χ1n) is 6.26. The third kappa shape index (κ3) is 6.55. The van der Waals surface area contributed by atoms with E-state index >= 15 is 0 Å². The molecule has 1 aromatic carbocycles. The number of nitrogens with one attached hydrogen (secondary N) is 2. The first-order valence-corrected chi connectivity index (χ1v) is 6.26. The molecule has 0 atom stereocenters. The number of amides is 1. The van der Waals surface area contributed by atoms with Gasteiger partial charge in [-0.25, -0.2) is 0 Å². The van der Waals surface area contributed by atoms with Crippen molar-refractivity contribution < 1.29 is 9.53 Å².